The van der Waals surface area contributed by atoms with Crippen molar-refractivity contribution in [3.8, 4) is 5.75 Å². The Morgan fingerprint density at radius 1 is 1.19 bits per heavy atom. The van der Waals surface area contributed by atoms with Crippen molar-refractivity contribution < 1.29 is 22.7 Å². The number of likely N-dealkylation sites (tertiary alicyclic amines) is 1. The molecular formula is C23H32N2O5S2. The number of nitrogens with zero attached hydrogens (tertiary/aromatic N) is 2. The fourth-order valence-electron chi connectivity index (χ4n) is 3.64. The SMILES string of the molecule is Cc1sc(C2CCN(C(=O)OC(C)(C)C)CC2)nc1C(C)Oc1ccc(S(C)(=O)=O)cc1. The van der Waals surface area contributed by atoms with Gasteiger partial charge in [-0.2, -0.15) is 0 Å². The van der Waals surface area contributed by atoms with Crippen LogP contribution < -0.4 is 4.74 Å². The number of sulfone groups is 1. The van der Waals surface area contributed by atoms with Crippen LogP contribution >= 0.6 is 11.3 Å². The van der Waals surface area contributed by atoms with Crippen LogP contribution in [0.25, 0.3) is 0 Å². The highest BCUT2D eigenvalue weighted by Gasteiger charge is 2.29. The van der Waals surface area contributed by atoms with Gasteiger partial charge in [0.05, 0.1) is 15.6 Å². The van der Waals surface area contributed by atoms with Gasteiger partial charge < -0.3 is 14.4 Å². The monoisotopic (exact) mass is 480 g/mol. The van der Waals surface area contributed by atoms with Crippen molar-refractivity contribution in [3.63, 3.8) is 0 Å². The van der Waals surface area contributed by atoms with Gasteiger partial charge in [0, 0.05) is 30.1 Å². The lowest BCUT2D eigenvalue weighted by atomic mass is 9.98. The van der Waals surface area contributed by atoms with E-state index >= 15 is 0 Å². The van der Waals surface area contributed by atoms with Gasteiger partial charge in [0.2, 0.25) is 0 Å². The van der Waals surface area contributed by atoms with Crippen LogP contribution in [0.4, 0.5) is 4.79 Å². The lowest BCUT2D eigenvalue weighted by molar-refractivity contribution is 0.0204. The summed E-state index contributed by atoms with van der Waals surface area (Å²) in [5.74, 6) is 0.914. The largest absolute Gasteiger partial charge is 0.484 e. The van der Waals surface area contributed by atoms with E-state index in [2.05, 4.69) is 0 Å². The van der Waals surface area contributed by atoms with Crippen molar-refractivity contribution in [1.29, 1.82) is 0 Å². The average molecular weight is 481 g/mol. The minimum absolute atomic E-state index is 0.254. The number of aromatic nitrogens is 1. The third-order valence-electron chi connectivity index (χ3n) is 5.29. The minimum atomic E-state index is -3.23. The normalized spacial score (nSPS) is 16.6. The molecular weight excluding hydrogens is 448 g/mol. The zero-order valence-corrected chi connectivity index (χ0v) is 21.2. The molecule has 7 nitrogen and oxygen atoms in total. The van der Waals surface area contributed by atoms with Gasteiger partial charge in [-0.05, 0) is 71.7 Å². The van der Waals surface area contributed by atoms with Crippen molar-refractivity contribution in [3.05, 3.63) is 39.8 Å². The highest BCUT2D eigenvalue weighted by atomic mass is 32.2. The molecule has 1 aliphatic heterocycles. The van der Waals surface area contributed by atoms with Gasteiger partial charge in [0.1, 0.15) is 17.5 Å². The van der Waals surface area contributed by atoms with Crippen molar-refractivity contribution in [2.45, 2.75) is 70.0 Å². The average Bonchev–Trinajstić information content (AvgIpc) is 3.08. The van der Waals surface area contributed by atoms with E-state index < -0.39 is 15.4 Å². The summed E-state index contributed by atoms with van der Waals surface area (Å²) in [4.78, 5) is 20.3. The fourth-order valence-corrected chi connectivity index (χ4v) is 5.45. The molecule has 1 aliphatic rings. The van der Waals surface area contributed by atoms with Gasteiger partial charge in [-0.25, -0.2) is 18.2 Å². The zero-order chi connectivity index (χ0) is 23.7. The van der Waals surface area contributed by atoms with Crippen molar-refractivity contribution in [1.82, 2.24) is 9.88 Å². The van der Waals surface area contributed by atoms with Crippen LogP contribution in [0.2, 0.25) is 0 Å². The summed E-state index contributed by atoms with van der Waals surface area (Å²) in [5, 5.41) is 1.07. The van der Waals surface area contributed by atoms with Gasteiger partial charge in [-0.1, -0.05) is 0 Å². The first-order valence-corrected chi connectivity index (χ1v) is 13.5. The first kappa shape index (κ1) is 24.5. The number of rotatable bonds is 5. The maximum Gasteiger partial charge on any atom is 0.410 e. The summed E-state index contributed by atoms with van der Waals surface area (Å²) >= 11 is 1.68. The Morgan fingerprint density at radius 2 is 1.78 bits per heavy atom. The molecule has 0 N–H and O–H groups in total. The predicted octanol–water partition coefficient (Wildman–Crippen LogP) is 5.11. The van der Waals surface area contributed by atoms with Crippen LogP contribution in [0.1, 0.15) is 68.1 Å². The van der Waals surface area contributed by atoms with Crippen molar-refractivity contribution >= 4 is 27.3 Å². The molecule has 1 aromatic carbocycles. The van der Waals surface area contributed by atoms with E-state index in [0.29, 0.717) is 24.8 Å². The number of hydrogen-bond donors (Lipinski definition) is 0. The van der Waals surface area contributed by atoms with Crippen molar-refractivity contribution in [2.24, 2.45) is 0 Å². The maximum atomic E-state index is 12.3. The molecule has 176 valence electrons. The Kier molecular flexibility index (Phi) is 7.19. The Morgan fingerprint density at radius 3 is 2.31 bits per heavy atom. The molecule has 0 aliphatic carbocycles. The number of ether oxygens (including phenoxy) is 2. The number of benzene rings is 1. The van der Waals surface area contributed by atoms with E-state index in [-0.39, 0.29) is 17.1 Å². The van der Waals surface area contributed by atoms with Crippen LogP contribution in [0, 0.1) is 6.92 Å². The van der Waals surface area contributed by atoms with Crippen LogP contribution in [0.5, 0.6) is 5.75 Å². The quantitative estimate of drug-likeness (QED) is 0.591. The number of piperidine rings is 1. The molecule has 1 aromatic heterocycles. The number of carbonyl (C=O) groups excluding carboxylic acids is 1. The van der Waals surface area contributed by atoms with Gasteiger partial charge in [0.25, 0.3) is 0 Å². The predicted molar refractivity (Wildman–Crippen MR) is 125 cm³/mol. The Balaban J connectivity index is 1.62. The van der Waals surface area contributed by atoms with Gasteiger partial charge >= 0.3 is 6.09 Å². The number of thiazole rings is 1. The molecule has 3 rings (SSSR count). The van der Waals surface area contributed by atoms with E-state index in [1.807, 2.05) is 34.6 Å². The van der Waals surface area contributed by atoms with E-state index in [4.69, 9.17) is 14.5 Å². The summed E-state index contributed by atoms with van der Waals surface area (Å²) in [5.41, 5.74) is 0.406. The molecule has 32 heavy (non-hydrogen) atoms. The second kappa shape index (κ2) is 9.39. The van der Waals surface area contributed by atoms with Crippen molar-refractivity contribution in [2.75, 3.05) is 19.3 Å². The summed E-state index contributed by atoms with van der Waals surface area (Å²) in [6, 6.07) is 6.44. The molecule has 1 fully saturated rings. The Labute approximate surface area is 194 Å². The summed E-state index contributed by atoms with van der Waals surface area (Å²) < 4.78 is 34.8. The van der Waals surface area contributed by atoms with E-state index in [9.17, 15) is 13.2 Å². The molecule has 0 saturated carbocycles. The topological polar surface area (TPSA) is 85.8 Å². The standard InChI is InChI=1S/C23H32N2O5S2/c1-15(29-18-7-9-19(10-8-18)32(6,27)28)20-16(2)31-21(24-20)17-11-13-25(14-12-17)22(26)30-23(3,4)5/h7-10,15,17H,11-14H2,1-6H3. The van der Waals surface area contributed by atoms with E-state index in [1.165, 1.54) is 6.26 Å². The summed E-state index contributed by atoms with van der Waals surface area (Å²) in [7, 11) is -3.23. The maximum absolute atomic E-state index is 12.3. The van der Waals surface area contributed by atoms with Gasteiger partial charge in [-0.15, -0.1) is 11.3 Å². The molecule has 0 bridgehead atoms. The number of hydrogen-bond acceptors (Lipinski definition) is 7. The van der Waals surface area contributed by atoms with Gasteiger partial charge in [0.15, 0.2) is 9.84 Å². The lowest BCUT2D eigenvalue weighted by Crippen LogP contribution is -2.41. The molecule has 0 radical (unpaired) electrons. The smallest absolute Gasteiger partial charge is 0.410 e. The number of carbonyl (C=O) groups is 1. The summed E-state index contributed by atoms with van der Waals surface area (Å²) in [6.45, 7) is 10.9. The zero-order valence-electron chi connectivity index (χ0n) is 19.5. The van der Waals surface area contributed by atoms with E-state index in [1.54, 1.807) is 40.5 Å². The molecule has 2 aromatic rings. The second-order valence-corrected chi connectivity index (χ2v) is 12.5. The first-order chi connectivity index (χ1) is 14.8. The Bertz CT molecular complexity index is 1050. The third-order valence-corrected chi connectivity index (χ3v) is 7.57. The molecule has 9 heteroatoms. The van der Waals surface area contributed by atoms with E-state index in [0.717, 1.165) is 28.4 Å². The highest BCUT2D eigenvalue weighted by molar-refractivity contribution is 7.90. The summed E-state index contributed by atoms with van der Waals surface area (Å²) in [6.07, 6.45) is 2.38. The molecule has 1 saturated heterocycles. The van der Waals surface area contributed by atoms with Crippen LogP contribution in [-0.2, 0) is 14.6 Å². The number of aryl methyl sites for hydroxylation is 1. The molecule has 2 heterocycles. The third kappa shape index (κ3) is 6.22. The minimum Gasteiger partial charge on any atom is -0.484 e. The van der Waals surface area contributed by atoms with Crippen LogP contribution in [0.3, 0.4) is 0 Å². The fraction of sp³-hybridized carbons (Fsp3) is 0.565. The second-order valence-electron chi connectivity index (χ2n) is 9.24. The van der Waals surface area contributed by atoms with Gasteiger partial charge in [-0.3, -0.25) is 0 Å². The first-order valence-electron chi connectivity index (χ1n) is 10.8. The molecule has 1 amide bonds. The number of amides is 1. The molecule has 0 spiro atoms. The Hall–Kier alpha value is -2.13. The van der Waals surface area contributed by atoms with Crippen LogP contribution in [0.15, 0.2) is 29.2 Å². The highest BCUT2D eigenvalue weighted by Crippen LogP contribution is 2.35. The van der Waals surface area contributed by atoms with Crippen LogP contribution in [-0.4, -0.2) is 49.3 Å². The molecule has 1 atom stereocenters. The molecule has 1 unspecified atom stereocenters. The lowest BCUT2D eigenvalue weighted by Gasteiger charge is -2.32.